The summed E-state index contributed by atoms with van der Waals surface area (Å²) in [6, 6.07) is 54.2. The van der Waals surface area contributed by atoms with Crippen molar-refractivity contribution in [1.82, 2.24) is 24.1 Å². The molecule has 276 valence electrons. The number of fused-ring (bicyclic) bond motifs is 9. The molecule has 4 aromatic heterocycles. The summed E-state index contributed by atoms with van der Waals surface area (Å²) in [5.41, 5.74) is 10.1. The zero-order valence-electron chi connectivity index (χ0n) is 33.0. The fourth-order valence-electron chi connectivity index (χ4n) is 9.09. The molecule has 0 fully saturated rings. The van der Waals surface area contributed by atoms with Crippen LogP contribution in [0.2, 0.25) is 0 Å². The molecule has 0 aliphatic rings. The lowest BCUT2D eigenvalue weighted by molar-refractivity contribution is 0.669. The van der Waals surface area contributed by atoms with Gasteiger partial charge in [-0.05, 0) is 59.7 Å². The van der Waals surface area contributed by atoms with Crippen molar-refractivity contribution < 1.29 is 4.42 Å². The predicted molar refractivity (Wildman–Crippen MR) is 259 cm³/mol. The minimum atomic E-state index is 0.0989. The van der Waals surface area contributed by atoms with Gasteiger partial charge in [-0.25, -0.2) is 4.98 Å². The molecule has 0 spiro atoms. The van der Waals surface area contributed by atoms with Gasteiger partial charge in [0.25, 0.3) is 0 Å². The Kier molecular flexibility index (Phi) is 8.07. The van der Waals surface area contributed by atoms with Crippen LogP contribution in [0.3, 0.4) is 0 Å². The number of furan rings is 1. The van der Waals surface area contributed by atoms with Crippen LogP contribution in [-0.4, -0.2) is 63.3 Å². The molecular weight excluding hydrogens is 753 g/mol. The Hall–Kier alpha value is -7.51. The van der Waals surface area contributed by atoms with Gasteiger partial charge in [-0.1, -0.05) is 120 Å². The van der Waals surface area contributed by atoms with Gasteiger partial charge in [-0.15, -0.1) is 16.4 Å². The fourth-order valence-corrected chi connectivity index (χ4v) is 9.09. The summed E-state index contributed by atoms with van der Waals surface area (Å²) in [7, 11) is 32.3. The average Bonchev–Trinajstić information content (AvgIpc) is 3.98. The van der Waals surface area contributed by atoms with Crippen molar-refractivity contribution in [3.8, 4) is 45.5 Å². The van der Waals surface area contributed by atoms with Crippen molar-refractivity contribution in [3.63, 3.8) is 0 Å². The van der Waals surface area contributed by atoms with E-state index in [1.165, 1.54) is 10.8 Å². The number of aromatic nitrogens is 5. The van der Waals surface area contributed by atoms with Crippen molar-refractivity contribution in [2.75, 3.05) is 0 Å². The first-order chi connectivity index (χ1) is 30.3. The lowest BCUT2D eigenvalue weighted by atomic mass is 9.60. The second-order valence-corrected chi connectivity index (χ2v) is 15.5. The SMILES string of the molecule is [B]c1c([B])c([B])c(-c2nc(-c3cccc4c3oc3ccc(-n5c6ccccc6c6ccc(-c7ccccc7)cc65)cc34)nc(-n3c4ccccc4c4ccccc43)n2)c([B])c1[B]. The molecule has 0 N–H and O–H groups in total. The van der Waals surface area contributed by atoms with E-state index in [1.807, 2.05) is 65.2 Å². The van der Waals surface area contributed by atoms with E-state index in [1.54, 1.807) is 0 Å². The summed E-state index contributed by atoms with van der Waals surface area (Å²) in [6.45, 7) is 0. The quantitative estimate of drug-likeness (QED) is 0.178. The van der Waals surface area contributed by atoms with Crippen molar-refractivity contribution in [2.24, 2.45) is 0 Å². The molecule has 12 rings (SSSR count). The highest BCUT2D eigenvalue weighted by Crippen LogP contribution is 2.40. The number of benzene rings is 8. The molecule has 0 bridgehead atoms. The maximum absolute atomic E-state index is 6.76. The third kappa shape index (κ3) is 5.34. The fraction of sp³-hybridized carbons (Fsp3) is 0. The summed E-state index contributed by atoms with van der Waals surface area (Å²) in [5, 5.41) is 6.27. The predicted octanol–water partition coefficient (Wildman–Crippen LogP) is 6.94. The van der Waals surface area contributed by atoms with Gasteiger partial charge in [0, 0.05) is 43.6 Å². The van der Waals surface area contributed by atoms with Crippen LogP contribution in [0.4, 0.5) is 0 Å². The maximum atomic E-state index is 6.76. The Bertz CT molecular complexity index is 3750. The Balaban J connectivity index is 1.10. The van der Waals surface area contributed by atoms with E-state index in [-0.39, 0.29) is 38.7 Å². The van der Waals surface area contributed by atoms with Crippen LogP contribution in [-0.2, 0) is 0 Å². The third-order valence-electron chi connectivity index (χ3n) is 12.1. The van der Waals surface area contributed by atoms with Crippen molar-refractivity contribution in [1.29, 1.82) is 0 Å². The average molecular weight is 779 g/mol. The van der Waals surface area contributed by atoms with Crippen molar-refractivity contribution in [3.05, 3.63) is 158 Å². The van der Waals surface area contributed by atoms with Crippen LogP contribution in [0.5, 0.6) is 0 Å². The van der Waals surface area contributed by atoms with Crippen LogP contribution in [0, 0.1) is 0 Å². The molecule has 0 saturated carbocycles. The van der Waals surface area contributed by atoms with Crippen molar-refractivity contribution >= 4 is 132 Å². The molecule has 0 atom stereocenters. The number of para-hydroxylation sites is 4. The van der Waals surface area contributed by atoms with E-state index < -0.39 is 0 Å². The molecule has 12 aromatic rings. The van der Waals surface area contributed by atoms with E-state index in [0.29, 0.717) is 28.5 Å². The van der Waals surface area contributed by atoms with Gasteiger partial charge in [0.1, 0.15) is 50.4 Å². The highest BCUT2D eigenvalue weighted by Gasteiger charge is 2.23. The van der Waals surface area contributed by atoms with E-state index in [4.69, 9.17) is 58.6 Å². The highest BCUT2D eigenvalue weighted by atomic mass is 16.3. The minimum Gasteiger partial charge on any atom is -0.455 e. The molecule has 11 heteroatoms. The second kappa shape index (κ2) is 13.8. The molecule has 8 aromatic carbocycles. The molecule has 0 unspecified atom stereocenters. The lowest BCUT2D eigenvalue weighted by Gasteiger charge is -2.21. The third-order valence-corrected chi connectivity index (χ3v) is 12.1. The molecular formula is C51H26B5N5O. The summed E-state index contributed by atoms with van der Waals surface area (Å²) < 4.78 is 11.1. The zero-order chi connectivity index (χ0) is 41.8. The Morgan fingerprint density at radius 1 is 0.387 bits per heavy atom. The summed E-state index contributed by atoms with van der Waals surface area (Å²) in [6.07, 6.45) is 0. The van der Waals surface area contributed by atoms with Gasteiger partial charge in [0.05, 0.1) is 27.6 Å². The number of nitrogens with zero attached hydrogens (tertiary/aromatic N) is 5. The van der Waals surface area contributed by atoms with Gasteiger partial charge < -0.3 is 8.98 Å². The Morgan fingerprint density at radius 3 is 1.63 bits per heavy atom. The number of rotatable bonds is 5. The first-order valence-corrected chi connectivity index (χ1v) is 20.1. The van der Waals surface area contributed by atoms with Gasteiger partial charge in [-0.2, -0.15) is 9.97 Å². The van der Waals surface area contributed by atoms with Crippen LogP contribution >= 0.6 is 0 Å². The topological polar surface area (TPSA) is 61.7 Å². The Labute approximate surface area is 362 Å². The summed E-state index contributed by atoms with van der Waals surface area (Å²) in [4.78, 5) is 15.3. The normalized spacial score (nSPS) is 11.9. The van der Waals surface area contributed by atoms with Crippen molar-refractivity contribution in [2.45, 2.75) is 0 Å². The van der Waals surface area contributed by atoms with Crippen LogP contribution in [0.25, 0.3) is 111 Å². The lowest BCUT2D eigenvalue weighted by Crippen LogP contribution is -2.55. The van der Waals surface area contributed by atoms with E-state index >= 15 is 0 Å². The monoisotopic (exact) mass is 779 g/mol. The van der Waals surface area contributed by atoms with Gasteiger partial charge in [-0.3, -0.25) is 4.57 Å². The van der Waals surface area contributed by atoms with Crippen LogP contribution < -0.4 is 27.3 Å². The molecule has 62 heavy (non-hydrogen) atoms. The largest absolute Gasteiger partial charge is 0.455 e. The second-order valence-electron chi connectivity index (χ2n) is 15.5. The molecule has 0 amide bonds. The molecule has 4 heterocycles. The zero-order valence-corrected chi connectivity index (χ0v) is 33.0. The Morgan fingerprint density at radius 2 is 0.952 bits per heavy atom. The summed E-state index contributed by atoms with van der Waals surface area (Å²) in [5.74, 6) is 0.851. The van der Waals surface area contributed by atoms with E-state index in [9.17, 15) is 0 Å². The van der Waals surface area contributed by atoms with Gasteiger partial charge >= 0.3 is 0 Å². The molecule has 0 saturated heterocycles. The van der Waals surface area contributed by atoms with Crippen LogP contribution in [0.1, 0.15) is 0 Å². The smallest absolute Gasteiger partial charge is 0.238 e. The van der Waals surface area contributed by atoms with Gasteiger partial charge in [0.15, 0.2) is 11.6 Å². The number of hydrogen-bond donors (Lipinski definition) is 0. The highest BCUT2D eigenvalue weighted by molar-refractivity contribution is 6.68. The first kappa shape index (κ1) is 36.4. The molecule has 0 aliphatic carbocycles. The molecule has 6 nitrogen and oxygen atoms in total. The number of hydrogen-bond acceptors (Lipinski definition) is 4. The van der Waals surface area contributed by atoms with Crippen LogP contribution in [0.15, 0.2) is 162 Å². The van der Waals surface area contributed by atoms with Gasteiger partial charge in [0.2, 0.25) is 5.95 Å². The molecule has 10 radical (unpaired) electrons. The van der Waals surface area contributed by atoms with E-state index in [2.05, 4.69) is 102 Å². The van der Waals surface area contributed by atoms with E-state index in [0.717, 1.165) is 60.4 Å². The standard InChI is InChI=1S/C51H26B5N5O/c52-43-42(44(53)46(55)47(56)45(43)54)50-57-49(58-51(59-50)61-38-19-8-5-13-30(38)31-14-6-9-20-39(31)61)35-17-10-16-34-36-26-29(22-24-41(36)62-48(34)35)60-37-18-7-4-15-32(37)33-23-21-28(25-40(33)60)27-11-2-1-3-12-27/h1-26H. The maximum Gasteiger partial charge on any atom is 0.238 e. The first-order valence-electron chi connectivity index (χ1n) is 20.1. The minimum absolute atomic E-state index is 0.0989. The molecule has 0 aliphatic heterocycles. The summed E-state index contributed by atoms with van der Waals surface area (Å²) >= 11 is 0.